The van der Waals surface area contributed by atoms with Gasteiger partial charge >= 0.3 is 0 Å². The van der Waals surface area contributed by atoms with Gasteiger partial charge in [0.2, 0.25) is 10.0 Å². The number of benzene rings is 1. The molecule has 0 N–H and O–H groups in total. The van der Waals surface area contributed by atoms with Crippen LogP contribution in [0.1, 0.15) is 33.6 Å². The van der Waals surface area contributed by atoms with Gasteiger partial charge in [-0.3, -0.25) is 0 Å². The maximum Gasteiger partial charge on any atom is 0.247 e. The van der Waals surface area contributed by atoms with Crippen molar-refractivity contribution in [3.05, 3.63) is 24.5 Å². The molecule has 8 nitrogen and oxygen atoms in total. The first-order valence-corrected chi connectivity index (χ1v) is 9.89. The van der Waals surface area contributed by atoms with Crippen LogP contribution in [0.15, 0.2) is 29.4 Å². The summed E-state index contributed by atoms with van der Waals surface area (Å²) < 4.78 is 35.2. The van der Waals surface area contributed by atoms with E-state index < -0.39 is 10.0 Å². The number of nitrogens with zero attached hydrogens (tertiary/aromatic N) is 5. The van der Waals surface area contributed by atoms with Gasteiger partial charge in [0.05, 0.1) is 12.3 Å². The van der Waals surface area contributed by atoms with E-state index in [1.807, 2.05) is 13.8 Å². The van der Waals surface area contributed by atoms with Crippen LogP contribution in [0.4, 0.5) is 0 Å². The third-order valence-electron chi connectivity index (χ3n) is 4.50. The smallest absolute Gasteiger partial charge is 0.247 e. The summed E-state index contributed by atoms with van der Waals surface area (Å²) in [6.07, 6.45) is 3.15. The summed E-state index contributed by atoms with van der Waals surface area (Å²) in [6, 6.07) is 4.92. The highest BCUT2D eigenvalue weighted by molar-refractivity contribution is 7.89. The summed E-state index contributed by atoms with van der Waals surface area (Å²) in [5.74, 6) is 0.880. The summed E-state index contributed by atoms with van der Waals surface area (Å²) in [7, 11) is -3.67. The largest absolute Gasteiger partial charge is 0.492 e. The molecule has 25 heavy (non-hydrogen) atoms. The molecule has 0 aliphatic carbocycles. The second-order valence-corrected chi connectivity index (χ2v) is 8.27. The normalized spacial score (nSPS) is 22.0. The van der Waals surface area contributed by atoms with Crippen LogP contribution in [0.25, 0.3) is 5.69 Å². The molecule has 1 aromatic heterocycles. The number of hydrogen-bond acceptors (Lipinski definition) is 6. The van der Waals surface area contributed by atoms with E-state index in [0.29, 0.717) is 30.5 Å². The Labute approximate surface area is 147 Å². The minimum absolute atomic E-state index is 0.0417. The van der Waals surface area contributed by atoms with E-state index in [-0.39, 0.29) is 10.9 Å². The number of rotatable bonds is 5. The Morgan fingerprint density at radius 1 is 1.32 bits per heavy atom. The standard InChI is InChI=1S/C16H23N5O3S/c1-4-24-15-6-5-14(20-11-17-18-19-20)10-16(15)25(22,23)21-8-7-12(2)9-13(21)3/h5-6,10-13H,4,7-9H2,1-3H3/t12-,13-/m1/s1. The summed E-state index contributed by atoms with van der Waals surface area (Å²) >= 11 is 0. The molecule has 1 saturated heterocycles. The van der Waals surface area contributed by atoms with Crippen LogP contribution in [0.2, 0.25) is 0 Å². The van der Waals surface area contributed by atoms with Crippen LogP contribution in [0.5, 0.6) is 5.75 Å². The fourth-order valence-electron chi connectivity index (χ4n) is 3.26. The number of tetrazole rings is 1. The van der Waals surface area contributed by atoms with Crippen molar-refractivity contribution in [2.75, 3.05) is 13.2 Å². The molecule has 2 heterocycles. The molecule has 0 saturated carbocycles. The second-order valence-electron chi connectivity index (χ2n) is 6.41. The predicted octanol–water partition coefficient (Wildman–Crippen LogP) is 1.87. The van der Waals surface area contributed by atoms with Gasteiger partial charge in [0.25, 0.3) is 0 Å². The monoisotopic (exact) mass is 365 g/mol. The minimum atomic E-state index is -3.67. The van der Waals surface area contributed by atoms with E-state index in [9.17, 15) is 8.42 Å². The lowest BCUT2D eigenvalue weighted by atomic mass is 9.95. The minimum Gasteiger partial charge on any atom is -0.492 e. The lowest BCUT2D eigenvalue weighted by Gasteiger charge is -2.35. The lowest BCUT2D eigenvalue weighted by Crippen LogP contribution is -2.44. The van der Waals surface area contributed by atoms with Gasteiger partial charge in [-0.25, -0.2) is 13.1 Å². The Bertz CT molecular complexity index is 822. The van der Waals surface area contributed by atoms with E-state index in [2.05, 4.69) is 22.4 Å². The second kappa shape index (κ2) is 7.09. The fourth-order valence-corrected chi connectivity index (χ4v) is 5.07. The Morgan fingerprint density at radius 2 is 2.12 bits per heavy atom. The summed E-state index contributed by atoms with van der Waals surface area (Å²) in [5.41, 5.74) is 0.574. The van der Waals surface area contributed by atoms with Crippen molar-refractivity contribution in [3.63, 3.8) is 0 Å². The fraction of sp³-hybridized carbons (Fsp3) is 0.562. The SMILES string of the molecule is CCOc1ccc(-n2cnnn2)cc1S(=O)(=O)N1CC[C@@H](C)C[C@H]1C. The van der Waals surface area contributed by atoms with Gasteiger partial charge < -0.3 is 4.74 Å². The molecule has 9 heteroatoms. The molecule has 1 aliphatic rings. The number of piperidine rings is 1. The molecule has 1 fully saturated rings. The first-order valence-electron chi connectivity index (χ1n) is 8.45. The zero-order valence-electron chi connectivity index (χ0n) is 14.7. The first-order chi connectivity index (χ1) is 11.9. The van der Waals surface area contributed by atoms with Crippen LogP contribution < -0.4 is 4.74 Å². The van der Waals surface area contributed by atoms with Crippen molar-refractivity contribution < 1.29 is 13.2 Å². The molecule has 0 radical (unpaired) electrons. The Hall–Kier alpha value is -2.00. The molecule has 0 amide bonds. The molecule has 1 aliphatic heterocycles. The third-order valence-corrected chi connectivity index (χ3v) is 6.54. The van der Waals surface area contributed by atoms with Crippen LogP contribution in [0, 0.1) is 5.92 Å². The van der Waals surface area contributed by atoms with Crippen molar-refractivity contribution in [1.29, 1.82) is 0 Å². The van der Waals surface area contributed by atoms with E-state index >= 15 is 0 Å². The quantitative estimate of drug-likeness (QED) is 0.803. The molecule has 3 rings (SSSR count). The highest BCUT2D eigenvalue weighted by Gasteiger charge is 2.35. The van der Waals surface area contributed by atoms with Crippen LogP contribution in [-0.2, 0) is 10.0 Å². The van der Waals surface area contributed by atoms with E-state index in [4.69, 9.17) is 4.74 Å². The van der Waals surface area contributed by atoms with Crippen LogP contribution >= 0.6 is 0 Å². The molecule has 1 aromatic carbocycles. The topological polar surface area (TPSA) is 90.2 Å². The Kier molecular flexibility index (Phi) is 5.05. The van der Waals surface area contributed by atoms with Crippen LogP contribution in [0.3, 0.4) is 0 Å². The van der Waals surface area contributed by atoms with E-state index in [1.54, 1.807) is 22.5 Å². The van der Waals surface area contributed by atoms with Gasteiger partial charge in [0, 0.05) is 12.6 Å². The van der Waals surface area contributed by atoms with Gasteiger partial charge in [-0.2, -0.15) is 4.31 Å². The third kappa shape index (κ3) is 3.52. The van der Waals surface area contributed by atoms with E-state index in [1.165, 1.54) is 11.0 Å². The predicted molar refractivity (Wildman–Crippen MR) is 92.1 cm³/mol. The van der Waals surface area contributed by atoms with Gasteiger partial charge in [0.1, 0.15) is 17.0 Å². The molecule has 136 valence electrons. The van der Waals surface area contributed by atoms with Crippen molar-refractivity contribution in [2.24, 2.45) is 5.92 Å². The number of hydrogen-bond donors (Lipinski definition) is 0. The summed E-state index contributed by atoms with van der Waals surface area (Å²) in [6.45, 7) is 6.85. The zero-order chi connectivity index (χ0) is 18.0. The molecular formula is C16H23N5O3S. The van der Waals surface area contributed by atoms with Crippen molar-refractivity contribution >= 4 is 10.0 Å². The maximum absolute atomic E-state index is 13.3. The van der Waals surface area contributed by atoms with Gasteiger partial charge in [-0.05, 0) is 61.2 Å². The average molecular weight is 365 g/mol. The summed E-state index contributed by atoms with van der Waals surface area (Å²) in [5, 5.41) is 11.0. The van der Waals surface area contributed by atoms with Crippen molar-refractivity contribution in [1.82, 2.24) is 24.5 Å². The number of ether oxygens (including phenoxy) is 1. The molecule has 0 bridgehead atoms. The molecule has 0 spiro atoms. The van der Waals surface area contributed by atoms with E-state index in [0.717, 1.165) is 12.8 Å². The van der Waals surface area contributed by atoms with Crippen LogP contribution in [-0.4, -0.2) is 52.1 Å². The first kappa shape index (κ1) is 17.8. The van der Waals surface area contributed by atoms with Crippen molar-refractivity contribution in [2.45, 2.75) is 44.6 Å². The number of sulfonamides is 1. The number of aromatic nitrogens is 4. The average Bonchev–Trinajstić information content (AvgIpc) is 3.09. The van der Waals surface area contributed by atoms with Gasteiger partial charge in [0.15, 0.2) is 0 Å². The van der Waals surface area contributed by atoms with Gasteiger partial charge in [-0.1, -0.05) is 6.92 Å². The highest BCUT2D eigenvalue weighted by atomic mass is 32.2. The molecule has 2 atom stereocenters. The Balaban J connectivity index is 2.05. The zero-order valence-corrected chi connectivity index (χ0v) is 15.5. The molecular weight excluding hydrogens is 342 g/mol. The maximum atomic E-state index is 13.3. The van der Waals surface area contributed by atoms with Gasteiger partial charge in [-0.15, -0.1) is 5.10 Å². The van der Waals surface area contributed by atoms with Crippen molar-refractivity contribution in [3.8, 4) is 11.4 Å². The summed E-state index contributed by atoms with van der Waals surface area (Å²) in [4.78, 5) is 0.156. The lowest BCUT2D eigenvalue weighted by molar-refractivity contribution is 0.219. The highest BCUT2D eigenvalue weighted by Crippen LogP contribution is 2.33. The molecule has 0 unspecified atom stereocenters. The Morgan fingerprint density at radius 3 is 2.76 bits per heavy atom. The molecule has 2 aromatic rings.